The molecule has 0 bridgehead atoms. The summed E-state index contributed by atoms with van der Waals surface area (Å²) in [4.78, 5) is 35.8. The van der Waals surface area contributed by atoms with E-state index in [-0.39, 0.29) is 17.8 Å². The summed E-state index contributed by atoms with van der Waals surface area (Å²) < 4.78 is 10.9. The zero-order chi connectivity index (χ0) is 22.1. The van der Waals surface area contributed by atoms with Crippen LogP contribution in [0.25, 0.3) is 0 Å². The normalized spacial score (nSPS) is 11.8. The summed E-state index contributed by atoms with van der Waals surface area (Å²) in [6.45, 7) is 7.98. The average Bonchev–Trinajstić information content (AvgIpc) is 2.72. The molecular formula is C24H29NO5. The minimum Gasteiger partial charge on any atom is -0.451 e. The fourth-order valence-electron chi connectivity index (χ4n) is 2.74. The average molecular weight is 411 g/mol. The van der Waals surface area contributed by atoms with Crippen molar-refractivity contribution in [3.63, 3.8) is 0 Å². The zero-order valence-corrected chi connectivity index (χ0v) is 17.9. The number of benzene rings is 2. The van der Waals surface area contributed by atoms with E-state index in [0.717, 1.165) is 11.1 Å². The van der Waals surface area contributed by atoms with Crippen molar-refractivity contribution in [2.75, 3.05) is 6.54 Å². The summed E-state index contributed by atoms with van der Waals surface area (Å²) in [6, 6.07) is 14.0. The van der Waals surface area contributed by atoms with Crippen LogP contribution in [0.4, 0.5) is 0 Å². The first-order chi connectivity index (χ1) is 14.3. The fourth-order valence-corrected chi connectivity index (χ4v) is 2.74. The molecule has 0 spiro atoms. The quantitative estimate of drug-likeness (QED) is 0.476. The van der Waals surface area contributed by atoms with Crippen molar-refractivity contribution in [1.82, 2.24) is 5.32 Å². The maximum absolute atomic E-state index is 12.6. The molecular weight excluding hydrogens is 382 g/mol. The van der Waals surface area contributed by atoms with E-state index in [1.165, 1.54) is 6.92 Å². The van der Waals surface area contributed by atoms with E-state index in [9.17, 15) is 14.4 Å². The number of rotatable bonds is 10. The molecule has 6 heteroatoms. The van der Waals surface area contributed by atoms with Gasteiger partial charge in [-0.2, -0.15) is 0 Å². The zero-order valence-electron chi connectivity index (χ0n) is 17.9. The SMILES string of the molecule is CC(=O)NCCc1ccc(C(=O)[C@H](C)OC(=O)c2ccc(COC(C)C)cc2)cc1. The van der Waals surface area contributed by atoms with Crippen LogP contribution >= 0.6 is 0 Å². The van der Waals surface area contributed by atoms with Gasteiger partial charge in [0.25, 0.3) is 0 Å². The van der Waals surface area contributed by atoms with Gasteiger partial charge in [0, 0.05) is 19.0 Å². The van der Waals surface area contributed by atoms with Crippen molar-refractivity contribution >= 4 is 17.7 Å². The Bertz CT molecular complexity index is 856. The van der Waals surface area contributed by atoms with Crippen LogP contribution in [0.2, 0.25) is 0 Å². The molecule has 0 saturated carbocycles. The Morgan fingerprint density at radius 2 is 1.43 bits per heavy atom. The number of ether oxygens (including phenoxy) is 2. The van der Waals surface area contributed by atoms with Gasteiger partial charge in [-0.05, 0) is 50.5 Å². The van der Waals surface area contributed by atoms with Crippen LogP contribution in [0.1, 0.15) is 59.5 Å². The molecule has 0 aliphatic carbocycles. The molecule has 2 rings (SSSR count). The molecule has 30 heavy (non-hydrogen) atoms. The highest BCUT2D eigenvalue weighted by atomic mass is 16.5. The highest BCUT2D eigenvalue weighted by molar-refractivity contribution is 6.01. The number of hydrogen-bond donors (Lipinski definition) is 1. The molecule has 0 aliphatic heterocycles. The van der Waals surface area contributed by atoms with Gasteiger partial charge in [-0.15, -0.1) is 0 Å². The first kappa shape index (κ1) is 23.3. The molecule has 1 N–H and O–H groups in total. The molecule has 0 fully saturated rings. The molecule has 0 saturated heterocycles. The van der Waals surface area contributed by atoms with Crippen molar-refractivity contribution in [3.05, 3.63) is 70.8 Å². The lowest BCUT2D eigenvalue weighted by Crippen LogP contribution is -2.24. The van der Waals surface area contributed by atoms with Crippen molar-refractivity contribution in [3.8, 4) is 0 Å². The second kappa shape index (κ2) is 11.3. The minimum atomic E-state index is -0.897. The molecule has 2 aromatic carbocycles. The lowest BCUT2D eigenvalue weighted by Gasteiger charge is -2.13. The van der Waals surface area contributed by atoms with Crippen LogP contribution in [0.3, 0.4) is 0 Å². The van der Waals surface area contributed by atoms with Gasteiger partial charge in [-0.25, -0.2) is 4.79 Å². The maximum Gasteiger partial charge on any atom is 0.338 e. The Hall–Kier alpha value is -2.99. The van der Waals surface area contributed by atoms with Crippen LogP contribution in [0.15, 0.2) is 48.5 Å². The molecule has 0 unspecified atom stereocenters. The summed E-state index contributed by atoms with van der Waals surface area (Å²) in [5, 5.41) is 2.73. The Labute approximate surface area is 177 Å². The first-order valence-electron chi connectivity index (χ1n) is 10.1. The topological polar surface area (TPSA) is 81.7 Å². The number of Topliss-reactive ketones (excluding diaryl/α,β-unsaturated/α-hetero) is 1. The Kier molecular flexibility index (Phi) is 8.74. The first-order valence-corrected chi connectivity index (χ1v) is 10.1. The second-order valence-electron chi connectivity index (χ2n) is 7.40. The molecule has 1 amide bonds. The summed E-state index contributed by atoms with van der Waals surface area (Å²) >= 11 is 0. The molecule has 6 nitrogen and oxygen atoms in total. The Balaban J connectivity index is 1.89. The molecule has 0 heterocycles. The van der Waals surface area contributed by atoms with E-state index in [1.807, 2.05) is 38.1 Å². The maximum atomic E-state index is 12.6. The highest BCUT2D eigenvalue weighted by Crippen LogP contribution is 2.13. The number of ketones is 1. The summed E-state index contributed by atoms with van der Waals surface area (Å²) in [6.07, 6.45) is -0.0870. The smallest absolute Gasteiger partial charge is 0.338 e. The van der Waals surface area contributed by atoms with Crippen molar-refractivity contribution in [1.29, 1.82) is 0 Å². The molecule has 1 atom stereocenters. The van der Waals surface area contributed by atoms with Gasteiger partial charge in [0.05, 0.1) is 18.3 Å². The van der Waals surface area contributed by atoms with Crippen LogP contribution in [0.5, 0.6) is 0 Å². The van der Waals surface area contributed by atoms with E-state index in [1.54, 1.807) is 31.2 Å². The summed E-state index contributed by atoms with van der Waals surface area (Å²) in [5.41, 5.74) is 2.82. The van der Waals surface area contributed by atoms with Gasteiger partial charge in [0.2, 0.25) is 11.7 Å². The fraction of sp³-hybridized carbons (Fsp3) is 0.375. The van der Waals surface area contributed by atoms with Crippen molar-refractivity contribution < 1.29 is 23.9 Å². The van der Waals surface area contributed by atoms with Crippen molar-refractivity contribution in [2.45, 2.75) is 52.9 Å². The van der Waals surface area contributed by atoms with Crippen molar-refractivity contribution in [2.24, 2.45) is 0 Å². The van der Waals surface area contributed by atoms with E-state index < -0.39 is 12.1 Å². The van der Waals surface area contributed by atoms with Gasteiger partial charge < -0.3 is 14.8 Å². The monoisotopic (exact) mass is 411 g/mol. The second-order valence-corrected chi connectivity index (χ2v) is 7.40. The lowest BCUT2D eigenvalue weighted by molar-refractivity contribution is -0.118. The third kappa shape index (κ3) is 7.44. The van der Waals surface area contributed by atoms with Gasteiger partial charge >= 0.3 is 5.97 Å². The predicted octanol–water partition coefficient (Wildman–Crippen LogP) is 3.72. The predicted molar refractivity (Wildman–Crippen MR) is 114 cm³/mol. The van der Waals surface area contributed by atoms with E-state index in [4.69, 9.17) is 9.47 Å². The van der Waals surface area contributed by atoms with Gasteiger partial charge in [-0.3, -0.25) is 9.59 Å². The van der Waals surface area contributed by atoms with Crippen LogP contribution in [-0.4, -0.2) is 36.4 Å². The van der Waals surface area contributed by atoms with Gasteiger partial charge in [0.15, 0.2) is 6.10 Å². The molecule has 160 valence electrons. The number of carbonyl (C=O) groups is 3. The third-order valence-electron chi connectivity index (χ3n) is 4.45. The van der Waals surface area contributed by atoms with Crippen LogP contribution in [-0.2, 0) is 27.3 Å². The molecule has 0 aliphatic rings. The number of carbonyl (C=O) groups excluding carboxylic acids is 3. The van der Waals surface area contributed by atoms with Gasteiger partial charge in [-0.1, -0.05) is 36.4 Å². The van der Waals surface area contributed by atoms with Crippen LogP contribution in [0, 0.1) is 0 Å². The van der Waals surface area contributed by atoms with Gasteiger partial charge in [0.1, 0.15) is 0 Å². The standard InChI is InChI=1S/C24H29NO5/c1-16(2)29-15-20-7-11-22(12-8-20)24(28)30-17(3)23(27)21-9-5-19(6-10-21)13-14-25-18(4)26/h5-12,16-17H,13-15H2,1-4H3,(H,25,26)/t17-/m0/s1. The number of hydrogen-bond acceptors (Lipinski definition) is 5. The summed E-state index contributed by atoms with van der Waals surface area (Å²) in [5.74, 6) is -0.881. The Morgan fingerprint density at radius 3 is 2.00 bits per heavy atom. The van der Waals surface area contributed by atoms with E-state index in [2.05, 4.69) is 5.32 Å². The lowest BCUT2D eigenvalue weighted by atomic mass is 10.0. The molecule has 0 aromatic heterocycles. The number of amides is 1. The Morgan fingerprint density at radius 1 is 0.867 bits per heavy atom. The largest absolute Gasteiger partial charge is 0.451 e. The molecule has 2 aromatic rings. The van der Waals surface area contributed by atoms with E-state index in [0.29, 0.717) is 30.7 Å². The number of esters is 1. The molecule has 0 radical (unpaired) electrons. The summed E-state index contributed by atoms with van der Waals surface area (Å²) in [7, 11) is 0. The van der Waals surface area contributed by atoms with E-state index >= 15 is 0 Å². The van der Waals surface area contributed by atoms with Crippen LogP contribution < -0.4 is 5.32 Å². The minimum absolute atomic E-state index is 0.0732. The third-order valence-corrected chi connectivity index (χ3v) is 4.45. The number of nitrogens with one attached hydrogen (secondary N) is 1. The highest BCUT2D eigenvalue weighted by Gasteiger charge is 2.20.